The Morgan fingerprint density at radius 1 is 1.29 bits per heavy atom. The van der Waals surface area contributed by atoms with Gasteiger partial charge in [0, 0.05) is 39.0 Å². The molecule has 9 nitrogen and oxygen atoms in total. The molecule has 2 aromatic rings. The lowest BCUT2D eigenvalue weighted by atomic mass is 10.1. The third-order valence-corrected chi connectivity index (χ3v) is 5.81. The van der Waals surface area contributed by atoms with Crippen LogP contribution < -0.4 is 10.6 Å². The van der Waals surface area contributed by atoms with Crippen LogP contribution in [0.2, 0.25) is 5.15 Å². The monoisotopic (exact) mass is 510 g/mol. The molecular weight excluding hydrogens is 475 g/mol. The van der Waals surface area contributed by atoms with Gasteiger partial charge >= 0.3 is 5.97 Å². The number of ether oxygens (including phenoxy) is 1. The first-order chi connectivity index (χ1) is 16.9. The van der Waals surface area contributed by atoms with Crippen molar-refractivity contribution in [3.63, 3.8) is 0 Å². The fraction of sp³-hybridized carbons (Fsp3) is 0.583. The molecule has 35 heavy (non-hydrogen) atoms. The van der Waals surface area contributed by atoms with Crippen molar-refractivity contribution < 1.29 is 19.0 Å². The lowest BCUT2D eigenvalue weighted by Crippen LogP contribution is -2.38. The van der Waals surface area contributed by atoms with E-state index in [1.54, 1.807) is 0 Å². The van der Waals surface area contributed by atoms with Crippen molar-refractivity contribution in [2.45, 2.75) is 51.2 Å². The molecule has 0 fully saturated rings. The number of aromatic nitrogens is 3. The van der Waals surface area contributed by atoms with E-state index >= 15 is 0 Å². The van der Waals surface area contributed by atoms with Crippen LogP contribution in [-0.2, 0) is 22.4 Å². The lowest BCUT2D eigenvalue weighted by Gasteiger charge is -2.26. The maximum atomic E-state index is 14.3. The van der Waals surface area contributed by atoms with Crippen LogP contribution in [0.4, 0.5) is 16.0 Å². The summed E-state index contributed by atoms with van der Waals surface area (Å²) >= 11 is 5.86. The van der Waals surface area contributed by atoms with Crippen LogP contribution in [0.15, 0.2) is 24.5 Å². The fourth-order valence-corrected chi connectivity index (χ4v) is 3.93. The van der Waals surface area contributed by atoms with Crippen molar-refractivity contribution in [3.05, 3.63) is 40.9 Å². The highest BCUT2D eigenvalue weighted by molar-refractivity contribution is 6.29. The summed E-state index contributed by atoms with van der Waals surface area (Å²) < 4.78 is 19.2. The SMILES string of the molecule is CCc1ccc(CCCCN(CCC(Nc2cc(Cl)ncn2)C(=O)O)CC(F)COC)nc1NC. The number of pyridine rings is 1. The van der Waals surface area contributed by atoms with E-state index in [0.29, 0.717) is 18.9 Å². The number of hydrogen-bond acceptors (Lipinski definition) is 8. The normalized spacial score (nSPS) is 13.0. The van der Waals surface area contributed by atoms with Crippen molar-refractivity contribution in [2.24, 2.45) is 0 Å². The highest BCUT2D eigenvalue weighted by atomic mass is 35.5. The van der Waals surface area contributed by atoms with Crippen LogP contribution in [0.5, 0.6) is 0 Å². The van der Waals surface area contributed by atoms with Crippen molar-refractivity contribution in [1.82, 2.24) is 19.9 Å². The van der Waals surface area contributed by atoms with Gasteiger partial charge in [0.15, 0.2) is 0 Å². The molecule has 2 heterocycles. The topological polar surface area (TPSA) is 112 Å². The molecule has 2 rings (SSSR count). The molecule has 194 valence electrons. The molecule has 3 N–H and O–H groups in total. The zero-order valence-corrected chi connectivity index (χ0v) is 21.4. The predicted molar refractivity (Wildman–Crippen MR) is 136 cm³/mol. The average Bonchev–Trinajstić information content (AvgIpc) is 2.83. The molecule has 0 aliphatic heterocycles. The second kappa shape index (κ2) is 15.4. The number of halogens is 2. The van der Waals surface area contributed by atoms with Gasteiger partial charge in [0.2, 0.25) is 0 Å². The number of unbranched alkanes of at least 4 members (excludes halogenated alkanes) is 1. The summed E-state index contributed by atoms with van der Waals surface area (Å²) in [5.41, 5.74) is 2.19. The number of rotatable bonds is 17. The number of nitrogens with zero attached hydrogens (tertiary/aromatic N) is 4. The van der Waals surface area contributed by atoms with Crippen LogP contribution in [-0.4, -0.2) is 83.5 Å². The third kappa shape index (κ3) is 10.3. The van der Waals surface area contributed by atoms with E-state index in [9.17, 15) is 14.3 Å². The van der Waals surface area contributed by atoms with Crippen molar-refractivity contribution in [3.8, 4) is 0 Å². The van der Waals surface area contributed by atoms with Crippen LogP contribution in [0.3, 0.4) is 0 Å². The van der Waals surface area contributed by atoms with Crippen LogP contribution in [0.25, 0.3) is 0 Å². The molecule has 2 atom stereocenters. The summed E-state index contributed by atoms with van der Waals surface area (Å²) in [6.45, 7) is 3.31. The molecule has 0 aliphatic rings. The van der Waals surface area contributed by atoms with Gasteiger partial charge in [-0.05, 0) is 50.3 Å². The number of carboxylic acids is 1. The maximum Gasteiger partial charge on any atom is 0.326 e. The van der Waals surface area contributed by atoms with Gasteiger partial charge in [-0.25, -0.2) is 24.1 Å². The van der Waals surface area contributed by atoms with E-state index < -0.39 is 18.2 Å². The summed E-state index contributed by atoms with van der Waals surface area (Å²) in [5, 5.41) is 15.9. The van der Waals surface area contributed by atoms with E-state index in [2.05, 4.69) is 44.6 Å². The lowest BCUT2D eigenvalue weighted by molar-refractivity contribution is -0.138. The number of aryl methyl sites for hydroxylation is 2. The van der Waals surface area contributed by atoms with Gasteiger partial charge < -0.3 is 25.4 Å². The summed E-state index contributed by atoms with van der Waals surface area (Å²) in [6, 6.07) is 4.72. The van der Waals surface area contributed by atoms with Gasteiger partial charge in [0.1, 0.15) is 35.3 Å². The van der Waals surface area contributed by atoms with E-state index in [-0.39, 0.29) is 24.7 Å². The van der Waals surface area contributed by atoms with E-state index in [1.807, 2.05) is 11.9 Å². The molecule has 0 spiro atoms. The summed E-state index contributed by atoms with van der Waals surface area (Å²) in [4.78, 5) is 26.2. The molecule has 11 heteroatoms. The minimum atomic E-state index is -1.15. The Kier molecular flexibility index (Phi) is 12.6. The van der Waals surface area contributed by atoms with E-state index in [1.165, 1.54) is 25.1 Å². The number of methoxy groups -OCH3 is 1. The zero-order chi connectivity index (χ0) is 25.6. The maximum absolute atomic E-state index is 14.3. The second-order valence-corrected chi connectivity index (χ2v) is 8.66. The second-order valence-electron chi connectivity index (χ2n) is 8.27. The molecule has 0 saturated carbocycles. The fourth-order valence-electron chi connectivity index (χ4n) is 3.78. The zero-order valence-electron chi connectivity index (χ0n) is 20.6. The number of carbonyl (C=O) groups is 1. The quantitative estimate of drug-likeness (QED) is 0.216. The predicted octanol–water partition coefficient (Wildman–Crippen LogP) is 3.69. The molecule has 0 aromatic carbocycles. The van der Waals surface area contributed by atoms with Gasteiger partial charge in [-0.1, -0.05) is 24.6 Å². The van der Waals surface area contributed by atoms with Crippen LogP contribution in [0.1, 0.15) is 37.4 Å². The van der Waals surface area contributed by atoms with Crippen molar-refractivity contribution in [2.75, 3.05) is 51.0 Å². The molecule has 0 saturated heterocycles. The number of hydrogen-bond donors (Lipinski definition) is 3. The van der Waals surface area contributed by atoms with Gasteiger partial charge in [-0.2, -0.15) is 0 Å². The minimum absolute atomic E-state index is 0.00294. The van der Waals surface area contributed by atoms with Crippen LogP contribution >= 0.6 is 11.6 Å². The highest BCUT2D eigenvalue weighted by Gasteiger charge is 2.21. The number of nitrogens with one attached hydrogen (secondary N) is 2. The number of alkyl halides is 1. The summed E-state index contributed by atoms with van der Waals surface area (Å²) in [6.07, 6.45) is 3.83. The van der Waals surface area contributed by atoms with Crippen molar-refractivity contribution in [1.29, 1.82) is 0 Å². The van der Waals surface area contributed by atoms with Gasteiger partial charge in [-0.3, -0.25) is 0 Å². The first-order valence-corrected chi connectivity index (χ1v) is 12.2. The van der Waals surface area contributed by atoms with Crippen molar-refractivity contribution >= 4 is 29.2 Å². The Morgan fingerprint density at radius 3 is 2.74 bits per heavy atom. The smallest absolute Gasteiger partial charge is 0.326 e. The van der Waals surface area contributed by atoms with Gasteiger partial charge in [-0.15, -0.1) is 0 Å². The van der Waals surface area contributed by atoms with E-state index in [4.69, 9.17) is 16.3 Å². The average molecular weight is 511 g/mol. The molecular formula is C24H36ClFN6O3. The number of anilines is 2. The largest absolute Gasteiger partial charge is 0.480 e. The molecule has 2 unspecified atom stereocenters. The molecule has 0 aliphatic carbocycles. The first-order valence-electron chi connectivity index (χ1n) is 11.8. The standard InChI is InChI=1S/C24H36ClFN6O3/c1-4-17-8-9-19(30-23(17)27-2)7-5-6-11-32(14-18(26)15-35-3)12-10-20(24(33)34)31-22-13-21(25)28-16-29-22/h8-9,13,16,18,20H,4-7,10-12,14-15H2,1-3H3,(H,27,30)(H,33,34)(H,28,29,31). The number of carboxylic acid groups (broad SMARTS) is 1. The Balaban J connectivity index is 1.92. The Hall–Kier alpha value is -2.56. The van der Waals surface area contributed by atoms with Gasteiger partial charge in [0.05, 0.1) is 6.61 Å². The Bertz CT molecular complexity index is 923. The summed E-state index contributed by atoms with van der Waals surface area (Å²) in [5.74, 6) is 0.216. The Labute approximate surface area is 211 Å². The number of aliphatic carboxylic acids is 1. The molecule has 2 aromatic heterocycles. The summed E-state index contributed by atoms with van der Waals surface area (Å²) in [7, 11) is 3.33. The molecule has 0 bridgehead atoms. The van der Waals surface area contributed by atoms with E-state index in [0.717, 1.165) is 37.2 Å². The van der Waals surface area contributed by atoms with Gasteiger partial charge in [0.25, 0.3) is 0 Å². The molecule has 0 radical (unpaired) electrons. The van der Waals surface area contributed by atoms with Crippen LogP contribution in [0, 0.1) is 0 Å². The third-order valence-electron chi connectivity index (χ3n) is 5.60. The molecule has 0 amide bonds. The highest BCUT2D eigenvalue weighted by Crippen LogP contribution is 2.16. The first kappa shape index (κ1) is 28.7. The minimum Gasteiger partial charge on any atom is -0.480 e. The Morgan fingerprint density at radius 2 is 2.09 bits per heavy atom.